The van der Waals surface area contributed by atoms with Crippen LogP contribution in [-0.2, 0) is 15.0 Å². The van der Waals surface area contributed by atoms with Crippen LogP contribution in [0.1, 0.15) is 24.0 Å². The number of anilines is 1. The van der Waals surface area contributed by atoms with Gasteiger partial charge in [0.15, 0.2) is 0 Å². The van der Waals surface area contributed by atoms with Crippen molar-refractivity contribution in [2.75, 3.05) is 24.5 Å². The minimum absolute atomic E-state index is 0.00879. The molecule has 0 unspecified atom stereocenters. The molecule has 4 nitrogen and oxygen atoms in total. The van der Waals surface area contributed by atoms with Crippen LogP contribution in [0.25, 0.3) is 0 Å². The Hall–Kier alpha value is -2.62. The first kappa shape index (κ1) is 15.9. The second kappa shape index (κ2) is 6.03. The highest BCUT2D eigenvalue weighted by atomic mass is 16.2. The predicted octanol–water partition coefficient (Wildman–Crippen LogP) is 2.90. The topological polar surface area (TPSA) is 40.6 Å². The van der Waals surface area contributed by atoms with Gasteiger partial charge in [0.25, 0.3) is 0 Å². The highest BCUT2D eigenvalue weighted by Crippen LogP contribution is 2.49. The zero-order chi connectivity index (χ0) is 17.4. The van der Waals surface area contributed by atoms with E-state index < -0.39 is 5.41 Å². The number of para-hydroxylation sites is 1. The van der Waals surface area contributed by atoms with E-state index in [4.69, 9.17) is 0 Å². The molecule has 128 valence electrons. The summed E-state index contributed by atoms with van der Waals surface area (Å²) < 4.78 is 0. The average molecular weight is 334 g/mol. The standard InChI is InChI=1S/C21H22N2O2/c1-16-7-9-17(10-8-16)21(11-12-21)20(25)22-13-14-23(19(24)15-22)18-5-3-2-4-6-18/h2-10H,11-15H2,1H3. The fourth-order valence-electron chi connectivity index (χ4n) is 3.65. The van der Waals surface area contributed by atoms with Gasteiger partial charge < -0.3 is 9.80 Å². The monoisotopic (exact) mass is 334 g/mol. The van der Waals surface area contributed by atoms with E-state index in [-0.39, 0.29) is 18.4 Å². The minimum Gasteiger partial charge on any atom is -0.331 e. The van der Waals surface area contributed by atoms with Crippen molar-refractivity contribution in [2.45, 2.75) is 25.2 Å². The van der Waals surface area contributed by atoms with Gasteiger partial charge in [-0.1, -0.05) is 48.0 Å². The summed E-state index contributed by atoms with van der Waals surface area (Å²) in [6.07, 6.45) is 1.75. The summed E-state index contributed by atoms with van der Waals surface area (Å²) in [4.78, 5) is 29.2. The number of amides is 2. The Kier molecular flexibility index (Phi) is 3.83. The molecule has 1 aliphatic carbocycles. The first-order valence-corrected chi connectivity index (χ1v) is 8.82. The van der Waals surface area contributed by atoms with Gasteiger partial charge in [0, 0.05) is 18.8 Å². The van der Waals surface area contributed by atoms with E-state index in [0.29, 0.717) is 13.1 Å². The number of nitrogens with zero attached hydrogens (tertiary/aromatic N) is 2. The number of aryl methyl sites for hydroxylation is 1. The molecule has 2 aromatic carbocycles. The zero-order valence-corrected chi connectivity index (χ0v) is 14.4. The van der Waals surface area contributed by atoms with Gasteiger partial charge in [0.1, 0.15) is 6.54 Å². The molecule has 0 bridgehead atoms. The van der Waals surface area contributed by atoms with E-state index in [0.717, 1.165) is 24.1 Å². The summed E-state index contributed by atoms with van der Waals surface area (Å²) in [5.41, 5.74) is 2.78. The van der Waals surface area contributed by atoms with E-state index in [1.54, 1.807) is 9.80 Å². The molecule has 2 aromatic rings. The number of piperazine rings is 1. The smallest absolute Gasteiger partial charge is 0.246 e. The van der Waals surface area contributed by atoms with Gasteiger partial charge in [-0.15, -0.1) is 0 Å². The van der Waals surface area contributed by atoms with Crippen LogP contribution < -0.4 is 4.90 Å². The van der Waals surface area contributed by atoms with Gasteiger partial charge in [-0.25, -0.2) is 0 Å². The maximum Gasteiger partial charge on any atom is 0.246 e. The van der Waals surface area contributed by atoms with E-state index in [1.807, 2.05) is 37.3 Å². The fourth-order valence-corrected chi connectivity index (χ4v) is 3.65. The van der Waals surface area contributed by atoms with Crippen LogP contribution in [0, 0.1) is 6.92 Å². The summed E-state index contributed by atoms with van der Waals surface area (Å²) in [6, 6.07) is 17.9. The maximum absolute atomic E-state index is 13.1. The van der Waals surface area contributed by atoms with Crippen LogP contribution in [0.5, 0.6) is 0 Å². The number of hydrogen-bond donors (Lipinski definition) is 0. The largest absolute Gasteiger partial charge is 0.331 e. The summed E-state index contributed by atoms with van der Waals surface area (Å²) >= 11 is 0. The molecule has 0 aromatic heterocycles. The fraction of sp³-hybridized carbons (Fsp3) is 0.333. The van der Waals surface area contributed by atoms with Crippen molar-refractivity contribution >= 4 is 17.5 Å². The summed E-state index contributed by atoms with van der Waals surface area (Å²) in [5, 5.41) is 0. The van der Waals surface area contributed by atoms with Crippen molar-refractivity contribution in [2.24, 2.45) is 0 Å². The van der Waals surface area contributed by atoms with Crippen LogP contribution in [0.15, 0.2) is 54.6 Å². The number of carbonyl (C=O) groups excluding carboxylic acids is 2. The van der Waals surface area contributed by atoms with Gasteiger partial charge in [0.2, 0.25) is 11.8 Å². The van der Waals surface area contributed by atoms with Crippen LogP contribution >= 0.6 is 0 Å². The van der Waals surface area contributed by atoms with E-state index in [1.165, 1.54) is 5.56 Å². The van der Waals surface area contributed by atoms with Crippen molar-refractivity contribution in [3.05, 3.63) is 65.7 Å². The van der Waals surface area contributed by atoms with Gasteiger partial charge >= 0.3 is 0 Å². The first-order chi connectivity index (χ1) is 12.1. The Morgan fingerprint density at radius 1 is 0.960 bits per heavy atom. The molecule has 1 aliphatic heterocycles. The lowest BCUT2D eigenvalue weighted by Gasteiger charge is -2.36. The summed E-state index contributed by atoms with van der Waals surface area (Å²) in [7, 11) is 0. The van der Waals surface area contributed by atoms with Crippen LogP contribution in [0.2, 0.25) is 0 Å². The number of carbonyl (C=O) groups is 2. The molecule has 4 rings (SSSR count). The van der Waals surface area contributed by atoms with E-state index in [2.05, 4.69) is 24.3 Å². The van der Waals surface area contributed by atoms with Crippen molar-refractivity contribution in [1.82, 2.24) is 4.90 Å². The zero-order valence-electron chi connectivity index (χ0n) is 14.4. The first-order valence-electron chi connectivity index (χ1n) is 8.82. The van der Waals surface area contributed by atoms with Gasteiger partial charge in [-0.05, 0) is 37.5 Å². The second-order valence-corrected chi connectivity index (χ2v) is 7.06. The highest BCUT2D eigenvalue weighted by molar-refractivity contribution is 6.00. The third-order valence-corrected chi connectivity index (χ3v) is 5.34. The van der Waals surface area contributed by atoms with Gasteiger partial charge in [-0.2, -0.15) is 0 Å². The lowest BCUT2D eigenvalue weighted by atomic mass is 9.93. The molecule has 0 atom stereocenters. The van der Waals surface area contributed by atoms with Gasteiger partial charge in [0.05, 0.1) is 5.41 Å². The second-order valence-electron chi connectivity index (χ2n) is 7.06. The van der Waals surface area contributed by atoms with Crippen molar-refractivity contribution in [1.29, 1.82) is 0 Å². The Morgan fingerprint density at radius 2 is 1.64 bits per heavy atom. The quantitative estimate of drug-likeness (QED) is 0.866. The van der Waals surface area contributed by atoms with Crippen LogP contribution in [0.4, 0.5) is 5.69 Å². The number of rotatable bonds is 3. The normalized spacial score (nSPS) is 19.0. The van der Waals surface area contributed by atoms with Crippen LogP contribution in [-0.4, -0.2) is 36.3 Å². The molecular weight excluding hydrogens is 312 g/mol. The Morgan fingerprint density at radius 3 is 2.24 bits per heavy atom. The molecule has 1 saturated heterocycles. The number of benzene rings is 2. The molecule has 2 aliphatic rings. The molecule has 2 fully saturated rings. The van der Waals surface area contributed by atoms with Gasteiger partial charge in [-0.3, -0.25) is 9.59 Å². The Bertz CT molecular complexity index is 794. The summed E-state index contributed by atoms with van der Waals surface area (Å²) in [5.74, 6) is 0.0999. The Labute approximate surface area is 148 Å². The van der Waals surface area contributed by atoms with Crippen molar-refractivity contribution in [3.63, 3.8) is 0 Å². The minimum atomic E-state index is -0.400. The third-order valence-electron chi connectivity index (χ3n) is 5.34. The summed E-state index contributed by atoms with van der Waals surface area (Å²) in [6.45, 7) is 3.36. The average Bonchev–Trinajstić information content (AvgIpc) is 3.44. The lowest BCUT2D eigenvalue weighted by molar-refractivity contribution is -0.139. The molecule has 1 heterocycles. The SMILES string of the molecule is Cc1ccc(C2(C(=O)N3CCN(c4ccccc4)C(=O)C3)CC2)cc1. The molecule has 4 heteroatoms. The molecule has 1 saturated carbocycles. The highest BCUT2D eigenvalue weighted by Gasteiger charge is 2.53. The Balaban J connectivity index is 1.49. The maximum atomic E-state index is 13.1. The molecule has 25 heavy (non-hydrogen) atoms. The lowest BCUT2D eigenvalue weighted by Crippen LogP contribution is -2.54. The number of hydrogen-bond acceptors (Lipinski definition) is 2. The van der Waals surface area contributed by atoms with Crippen molar-refractivity contribution in [3.8, 4) is 0 Å². The molecule has 0 spiro atoms. The van der Waals surface area contributed by atoms with E-state index >= 15 is 0 Å². The molecule has 0 N–H and O–H groups in total. The molecular formula is C21H22N2O2. The third kappa shape index (κ3) is 2.82. The van der Waals surface area contributed by atoms with Crippen molar-refractivity contribution < 1.29 is 9.59 Å². The molecule has 2 amide bonds. The molecule has 0 radical (unpaired) electrons. The van der Waals surface area contributed by atoms with E-state index in [9.17, 15) is 9.59 Å². The van der Waals surface area contributed by atoms with Crippen LogP contribution in [0.3, 0.4) is 0 Å². The predicted molar refractivity (Wildman–Crippen MR) is 97.5 cm³/mol.